The van der Waals surface area contributed by atoms with Crippen LogP contribution in [0.15, 0.2) is 30.3 Å². The van der Waals surface area contributed by atoms with Crippen LogP contribution in [0.1, 0.15) is 39.7 Å². The summed E-state index contributed by atoms with van der Waals surface area (Å²) in [6, 6.07) is 7.93. The van der Waals surface area contributed by atoms with Crippen LogP contribution in [0, 0.1) is 11.8 Å². The maximum absolute atomic E-state index is 12.8. The van der Waals surface area contributed by atoms with Gasteiger partial charge >= 0.3 is 0 Å². The number of hydrogen-bond acceptors (Lipinski definition) is 7. The lowest BCUT2D eigenvalue weighted by molar-refractivity contribution is -0.131. The Labute approximate surface area is 234 Å². The van der Waals surface area contributed by atoms with Crippen LogP contribution >= 0.6 is 0 Å². The van der Waals surface area contributed by atoms with Crippen molar-refractivity contribution < 1.29 is 33.5 Å². The number of hydrogen-bond donors (Lipinski definition) is 6. The van der Waals surface area contributed by atoms with E-state index in [0.717, 1.165) is 12.0 Å². The average Bonchev–Trinajstić information content (AvgIpc) is 2.90. The second-order valence-electron chi connectivity index (χ2n) is 9.85. The minimum atomic E-state index is -1.02. The van der Waals surface area contributed by atoms with Crippen molar-refractivity contribution in [3.05, 3.63) is 35.9 Å². The molecule has 0 saturated carbocycles. The molecule has 1 unspecified atom stereocenters. The van der Waals surface area contributed by atoms with Gasteiger partial charge in [0.1, 0.15) is 19.4 Å². The van der Waals surface area contributed by atoms with Crippen LogP contribution in [-0.4, -0.2) is 81.0 Å². The second-order valence-corrected chi connectivity index (χ2v) is 9.85. The summed E-state index contributed by atoms with van der Waals surface area (Å²) in [4.78, 5) is 71.8. The molecule has 6 amide bonds. The lowest BCUT2D eigenvalue weighted by Crippen LogP contribution is -2.52. The van der Waals surface area contributed by atoms with Crippen LogP contribution in [0.5, 0.6) is 0 Å². The van der Waals surface area contributed by atoms with Crippen molar-refractivity contribution in [3.63, 3.8) is 0 Å². The SMILES string of the molecule is CC(=O)NCC(=O)NCC(=O)N[C@@H](Cc1ccccc1)C(=O)NCC(=O)NCOCC(=O)NCC(C)CC(C)C. The third-order valence-corrected chi connectivity index (χ3v) is 5.43. The highest BCUT2D eigenvalue weighted by Gasteiger charge is 2.22. The molecule has 2 atom stereocenters. The van der Waals surface area contributed by atoms with E-state index in [9.17, 15) is 28.8 Å². The molecular weight excluding hydrogens is 520 g/mol. The third kappa shape index (κ3) is 16.8. The number of amides is 6. The molecule has 6 N–H and O–H groups in total. The first-order valence-corrected chi connectivity index (χ1v) is 13.2. The van der Waals surface area contributed by atoms with Crippen molar-refractivity contribution in [1.29, 1.82) is 0 Å². The van der Waals surface area contributed by atoms with Gasteiger partial charge in [0.05, 0.1) is 19.6 Å². The second kappa shape index (κ2) is 19.1. The van der Waals surface area contributed by atoms with Gasteiger partial charge in [0.15, 0.2) is 0 Å². The third-order valence-electron chi connectivity index (χ3n) is 5.43. The summed E-state index contributed by atoms with van der Waals surface area (Å²) in [5.74, 6) is -2.13. The van der Waals surface area contributed by atoms with E-state index in [0.29, 0.717) is 18.4 Å². The first-order chi connectivity index (χ1) is 19.0. The molecule has 0 heterocycles. The quantitative estimate of drug-likeness (QED) is 0.0976. The molecule has 13 nitrogen and oxygen atoms in total. The molecule has 0 aliphatic carbocycles. The Morgan fingerprint density at radius 3 is 2.02 bits per heavy atom. The largest absolute Gasteiger partial charge is 0.354 e. The van der Waals surface area contributed by atoms with Crippen molar-refractivity contribution >= 4 is 35.4 Å². The van der Waals surface area contributed by atoms with E-state index in [-0.39, 0.29) is 44.7 Å². The van der Waals surface area contributed by atoms with Crippen LogP contribution in [0.25, 0.3) is 0 Å². The highest BCUT2D eigenvalue weighted by Crippen LogP contribution is 2.09. The highest BCUT2D eigenvalue weighted by molar-refractivity contribution is 5.92. The molecule has 13 heteroatoms. The van der Waals surface area contributed by atoms with Crippen LogP contribution in [-0.2, 0) is 39.9 Å². The highest BCUT2D eigenvalue weighted by atomic mass is 16.5. The molecule has 0 bridgehead atoms. The number of benzene rings is 1. The van der Waals surface area contributed by atoms with Crippen molar-refractivity contribution in [2.75, 3.05) is 39.5 Å². The fourth-order valence-electron chi connectivity index (χ4n) is 3.61. The Kier molecular flexibility index (Phi) is 16.3. The zero-order chi connectivity index (χ0) is 29.9. The van der Waals surface area contributed by atoms with Gasteiger partial charge in [0.2, 0.25) is 35.4 Å². The lowest BCUT2D eigenvalue weighted by atomic mass is 9.99. The molecule has 0 saturated heterocycles. The van der Waals surface area contributed by atoms with Gasteiger partial charge in [-0.15, -0.1) is 0 Å². The van der Waals surface area contributed by atoms with Gasteiger partial charge in [0.25, 0.3) is 0 Å². The molecule has 1 aromatic carbocycles. The van der Waals surface area contributed by atoms with Gasteiger partial charge < -0.3 is 36.6 Å². The normalized spacial score (nSPS) is 12.0. The summed E-state index contributed by atoms with van der Waals surface area (Å²) in [7, 11) is 0. The molecule has 1 aromatic rings. The molecule has 0 aromatic heterocycles. The van der Waals surface area contributed by atoms with E-state index in [1.54, 1.807) is 24.3 Å². The number of carbonyl (C=O) groups excluding carboxylic acids is 6. The Morgan fingerprint density at radius 2 is 1.38 bits per heavy atom. The van der Waals surface area contributed by atoms with Crippen LogP contribution in [0.4, 0.5) is 0 Å². The van der Waals surface area contributed by atoms with E-state index < -0.39 is 36.2 Å². The molecule has 0 fully saturated rings. The first-order valence-electron chi connectivity index (χ1n) is 13.2. The van der Waals surface area contributed by atoms with Crippen molar-refractivity contribution in [3.8, 4) is 0 Å². The van der Waals surface area contributed by atoms with E-state index in [4.69, 9.17) is 4.74 Å². The molecule has 0 radical (unpaired) electrons. The van der Waals surface area contributed by atoms with Gasteiger partial charge in [-0.3, -0.25) is 28.8 Å². The zero-order valence-corrected chi connectivity index (χ0v) is 23.6. The number of nitrogens with one attached hydrogen (secondary N) is 6. The van der Waals surface area contributed by atoms with E-state index in [2.05, 4.69) is 52.7 Å². The summed E-state index contributed by atoms with van der Waals surface area (Å²) < 4.78 is 5.17. The summed E-state index contributed by atoms with van der Waals surface area (Å²) in [5, 5.41) is 14.9. The smallest absolute Gasteiger partial charge is 0.246 e. The van der Waals surface area contributed by atoms with Crippen molar-refractivity contribution in [2.45, 2.75) is 46.6 Å². The van der Waals surface area contributed by atoms with Gasteiger partial charge in [-0.1, -0.05) is 51.1 Å². The summed E-state index contributed by atoms with van der Waals surface area (Å²) in [6.45, 7) is 6.60. The number of rotatable bonds is 18. The fraction of sp³-hybridized carbons (Fsp3) is 0.556. The summed E-state index contributed by atoms with van der Waals surface area (Å²) >= 11 is 0. The molecule has 0 spiro atoms. The topological polar surface area (TPSA) is 184 Å². The Morgan fingerprint density at radius 1 is 0.750 bits per heavy atom. The number of ether oxygens (including phenoxy) is 1. The van der Waals surface area contributed by atoms with Gasteiger partial charge in [-0.25, -0.2) is 0 Å². The Balaban J connectivity index is 2.46. The summed E-state index contributed by atoms with van der Waals surface area (Å²) in [5.41, 5.74) is 0.771. The maximum atomic E-state index is 12.8. The monoisotopic (exact) mass is 562 g/mol. The van der Waals surface area contributed by atoms with Gasteiger partial charge in [-0.05, 0) is 23.8 Å². The Hall–Kier alpha value is -4.00. The van der Waals surface area contributed by atoms with Crippen molar-refractivity contribution in [2.24, 2.45) is 11.8 Å². The van der Waals surface area contributed by atoms with Crippen LogP contribution < -0.4 is 31.9 Å². The maximum Gasteiger partial charge on any atom is 0.246 e. The van der Waals surface area contributed by atoms with Crippen LogP contribution in [0.3, 0.4) is 0 Å². The summed E-state index contributed by atoms with van der Waals surface area (Å²) in [6.07, 6.45) is 1.14. The molecule has 0 aliphatic heterocycles. The average molecular weight is 563 g/mol. The lowest BCUT2D eigenvalue weighted by Gasteiger charge is -2.19. The fourth-order valence-corrected chi connectivity index (χ4v) is 3.61. The number of carbonyl (C=O) groups is 6. The van der Waals surface area contributed by atoms with Crippen LogP contribution in [0.2, 0.25) is 0 Å². The van der Waals surface area contributed by atoms with E-state index >= 15 is 0 Å². The predicted octanol–water partition coefficient (Wildman–Crippen LogP) is -1.03. The van der Waals surface area contributed by atoms with Gasteiger partial charge in [0, 0.05) is 19.9 Å². The minimum absolute atomic E-state index is 0.147. The standard InChI is InChI=1S/C27H42N6O7/c1-18(2)10-19(3)12-29-26(38)16-40-17-32-24(36)14-31-27(39)22(11-21-8-6-5-7-9-21)33-25(37)15-30-23(35)13-28-20(4)34/h5-9,18-19,22H,10-17H2,1-4H3,(H,28,34)(H,29,38)(H,30,35)(H,31,39)(H,32,36)(H,33,37)/t19?,22-/m0/s1. The van der Waals surface area contributed by atoms with Gasteiger partial charge in [-0.2, -0.15) is 0 Å². The molecule has 222 valence electrons. The molecule has 40 heavy (non-hydrogen) atoms. The van der Waals surface area contributed by atoms with E-state index in [1.807, 2.05) is 6.07 Å². The van der Waals surface area contributed by atoms with Crippen molar-refractivity contribution in [1.82, 2.24) is 31.9 Å². The minimum Gasteiger partial charge on any atom is -0.354 e. The molecule has 0 aliphatic rings. The molecular formula is C27H42N6O7. The Bertz CT molecular complexity index is 987. The predicted molar refractivity (Wildman–Crippen MR) is 147 cm³/mol. The first kappa shape index (κ1) is 34.0. The molecule has 1 rings (SSSR count). The van der Waals surface area contributed by atoms with E-state index in [1.165, 1.54) is 6.92 Å². The zero-order valence-electron chi connectivity index (χ0n) is 23.6.